The van der Waals surface area contributed by atoms with Gasteiger partial charge >= 0.3 is 0 Å². The lowest BCUT2D eigenvalue weighted by atomic mass is 10.1. The summed E-state index contributed by atoms with van der Waals surface area (Å²) in [6.07, 6.45) is 1.50. The van der Waals surface area contributed by atoms with Crippen molar-refractivity contribution in [3.63, 3.8) is 0 Å². The molecule has 3 aromatic carbocycles. The average molecular weight is 576 g/mol. The van der Waals surface area contributed by atoms with E-state index in [1.54, 1.807) is 48.5 Å². The summed E-state index contributed by atoms with van der Waals surface area (Å²) in [6, 6.07) is 18.2. The molecule has 1 heterocycles. The van der Waals surface area contributed by atoms with E-state index in [1.165, 1.54) is 18.2 Å². The molecular formula is C25H17BrClFN2O4S. The third-order valence-electron chi connectivity index (χ3n) is 4.92. The van der Waals surface area contributed by atoms with Crippen molar-refractivity contribution in [1.29, 1.82) is 0 Å². The molecule has 1 fully saturated rings. The molecule has 178 valence electrons. The molecule has 0 saturated carbocycles. The van der Waals surface area contributed by atoms with Crippen LogP contribution in [0.15, 0.2) is 76.1 Å². The molecule has 0 unspecified atom stereocenters. The first-order valence-corrected chi connectivity index (χ1v) is 12.3. The lowest BCUT2D eigenvalue weighted by molar-refractivity contribution is -0.127. The Morgan fingerprint density at radius 2 is 1.89 bits per heavy atom. The Hall–Kier alpha value is -3.14. The third-order valence-corrected chi connectivity index (χ3v) is 6.68. The summed E-state index contributed by atoms with van der Waals surface area (Å²) in [4.78, 5) is 38.7. The molecule has 10 heteroatoms. The van der Waals surface area contributed by atoms with Gasteiger partial charge in [-0.3, -0.25) is 19.3 Å². The Morgan fingerprint density at radius 3 is 2.63 bits per heavy atom. The molecule has 6 nitrogen and oxygen atoms in total. The molecule has 3 aromatic rings. The summed E-state index contributed by atoms with van der Waals surface area (Å²) in [7, 11) is 0. The van der Waals surface area contributed by atoms with Crippen molar-refractivity contribution in [2.75, 3.05) is 11.9 Å². The van der Waals surface area contributed by atoms with Gasteiger partial charge in [0.2, 0.25) is 5.91 Å². The molecule has 0 aliphatic carbocycles. The van der Waals surface area contributed by atoms with Gasteiger partial charge in [0.05, 0.1) is 9.93 Å². The number of rotatable bonds is 7. The number of para-hydroxylation sites is 1. The molecule has 0 spiro atoms. The third kappa shape index (κ3) is 6.11. The summed E-state index contributed by atoms with van der Waals surface area (Å²) in [6.45, 7) is -0.542. The minimum atomic E-state index is -0.591. The fourth-order valence-corrected chi connectivity index (χ4v) is 4.65. The average Bonchev–Trinajstić information content (AvgIpc) is 3.08. The molecule has 0 atom stereocenters. The number of ether oxygens (including phenoxy) is 1. The number of benzene rings is 3. The van der Waals surface area contributed by atoms with E-state index in [4.69, 9.17) is 16.3 Å². The van der Waals surface area contributed by atoms with E-state index in [0.29, 0.717) is 21.5 Å². The Morgan fingerprint density at radius 1 is 1.11 bits per heavy atom. The minimum Gasteiger partial charge on any atom is -0.488 e. The van der Waals surface area contributed by atoms with Gasteiger partial charge in [-0.2, -0.15) is 0 Å². The lowest BCUT2D eigenvalue weighted by Crippen LogP contribution is -2.36. The van der Waals surface area contributed by atoms with E-state index in [0.717, 1.165) is 16.7 Å². The summed E-state index contributed by atoms with van der Waals surface area (Å²) >= 11 is 10.2. The maximum Gasteiger partial charge on any atom is 0.294 e. The monoisotopic (exact) mass is 574 g/mol. The number of nitrogens with zero attached hydrogens (tertiary/aromatic N) is 1. The number of imide groups is 1. The smallest absolute Gasteiger partial charge is 0.294 e. The zero-order chi connectivity index (χ0) is 24.9. The van der Waals surface area contributed by atoms with Crippen LogP contribution in [0, 0.1) is 5.82 Å². The molecule has 1 saturated heterocycles. The van der Waals surface area contributed by atoms with Crippen LogP contribution < -0.4 is 10.1 Å². The molecule has 35 heavy (non-hydrogen) atoms. The van der Waals surface area contributed by atoms with Crippen molar-refractivity contribution < 1.29 is 23.5 Å². The van der Waals surface area contributed by atoms with Gasteiger partial charge in [0, 0.05) is 21.3 Å². The number of nitrogens with one attached hydrogen (secondary N) is 1. The second-order valence-corrected chi connectivity index (χ2v) is 9.67. The van der Waals surface area contributed by atoms with Crippen molar-refractivity contribution in [3.8, 4) is 5.75 Å². The molecule has 1 aliphatic rings. The van der Waals surface area contributed by atoms with E-state index in [-0.39, 0.29) is 22.1 Å². The zero-order valence-electron chi connectivity index (χ0n) is 18.0. The van der Waals surface area contributed by atoms with Crippen molar-refractivity contribution in [2.24, 2.45) is 0 Å². The van der Waals surface area contributed by atoms with Crippen LogP contribution in [0.1, 0.15) is 11.1 Å². The number of thioether (sulfide) groups is 1. The largest absolute Gasteiger partial charge is 0.488 e. The van der Waals surface area contributed by atoms with Crippen LogP contribution in [-0.2, 0) is 16.2 Å². The molecule has 3 amide bonds. The van der Waals surface area contributed by atoms with Crippen LogP contribution in [0.4, 0.5) is 14.9 Å². The Balaban J connectivity index is 1.51. The van der Waals surface area contributed by atoms with Gasteiger partial charge in [-0.1, -0.05) is 51.8 Å². The highest BCUT2D eigenvalue weighted by molar-refractivity contribution is 9.10. The van der Waals surface area contributed by atoms with Gasteiger partial charge in [0.1, 0.15) is 24.7 Å². The van der Waals surface area contributed by atoms with Crippen molar-refractivity contribution in [2.45, 2.75) is 6.61 Å². The molecule has 1 N–H and O–H groups in total. The SMILES string of the molecule is O=C(CN1C(=O)S/C(=C\c2cc(Br)ccc2OCc2c(F)cccc2Cl)C1=O)Nc1ccccc1. The predicted molar refractivity (Wildman–Crippen MR) is 138 cm³/mol. The lowest BCUT2D eigenvalue weighted by Gasteiger charge is -2.13. The van der Waals surface area contributed by atoms with Crippen molar-refractivity contribution in [1.82, 2.24) is 4.90 Å². The normalized spacial score (nSPS) is 14.5. The van der Waals surface area contributed by atoms with Gasteiger partial charge in [-0.25, -0.2) is 4.39 Å². The number of hydrogen-bond acceptors (Lipinski definition) is 5. The number of carbonyl (C=O) groups is 3. The van der Waals surface area contributed by atoms with E-state index < -0.39 is 29.4 Å². The van der Waals surface area contributed by atoms with Gasteiger partial charge in [-0.15, -0.1) is 0 Å². The highest BCUT2D eigenvalue weighted by atomic mass is 79.9. The van der Waals surface area contributed by atoms with E-state index in [9.17, 15) is 18.8 Å². The van der Waals surface area contributed by atoms with E-state index in [1.807, 2.05) is 6.07 Å². The molecule has 0 bridgehead atoms. The Bertz CT molecular complexity index is 1320. The van der Waals surface area contributed by atoms with E-state index in [2.05, 4.69) is 21.2 Å². The summed E-state index contributed by atoms with van der Waals surface area (Å²) < 4.78 is 20.6. The summed E-state index contributed by atoms with van der Waals surface area (Å²) in [5, 5.41) is 2.33. The maximum absolute atomic E-state index is 14.1. The first-order chi connectivity index (χ1) is 16.8. The van der Waals surface area contributed by atoms with Gasteiger partial charge in [0.25, 0.3) is 11.1 Å². The van der Waals surface area contributed by atoms with Crippen LogP contribution in [-0.4, -0.2) is 28.5 Å². The zero-order valence-corrected chi connectivity index (χ0v) is 21.1. The fraction of sp³-hybridized carbons (Fsp3) is 0.0800. The first-order valence-electron chi connectivity index (χ1n) is 10.3. The molecule has 4 rings (SSSR count). The van der Waals surface area contributed by atoms with E-state index >= 15 is 0 Å². The summed E-state index contributed by atoms with van der Waals surface area (Å²) in [5.41, 5.74) is 1.25. The van der Waals surface area contributed by atoms with Gasteiger partial charge < -0.3 is 10.1 Å². The Kier molecular flexibility index (Phi) is 7.90. The van der Waals surface area contributed by atoms with Gasteiger partial charge in [-0.05, 0) is 60.3 Å². The molecule has 0 radical (unpaired) electrons. The minimum absolute atomic E-state index is 0.130. The second kappa shape index (κ2) is 11.1. The number of hydrogen-bond donors (Lipinski definition) is 1. The second-order valence-electron chi connectivity index (χ2n) is 7.35. The highest BCUT2D eigenvalue weighted by Crippen LogP contribution is 2.35. The van der Waals surface area contributed by atoms with Gasteiger partial charge in [0.15, 0.2) is 0 Å². The van der Waals surface area contributed by atoms with Crippen molar-refractivity contribution >= 4 is 68.1 Å². The number of anilines is 1. The van der Waals surface area contributed by atoms with Crippen LogP contribution in [0.3, 0.4) is 0 Å². The molecule has 0 aromatic heterocycles. The summed E-state index contributed by atoms with van der Waals surface area (Å²) in [5.74, 6) is -1.22. The molecule has 1 aliphatic heterocycles. The standard InChI is InChI=1S/C25H17BrClFN2O4S/c26-16-9-10-21(34-14-18-19(27)7-4-8-20(18)28)15(11-16)12-22-24(32)30(25(33)35-22)13-23(31)29-17-5-2-1-3-6-17/h1-12H,13-14H2,(H,29,31)/b22-12-. The highest BCUT2D eigenvalue weighted by Gasteiger charge is 2.36. The number of halogens is 3. The first kappa shape index (κ1) is 25.0. The predicted octanol–water partition coefficient (Wildman–Crippen LogP) is 6.50. The quantitative estimate of drug-likeness (QED) is 0.326. The fourth-order valence-electron chi connectivity index (χ4n) is 3.23. The number of carbonyl (C=O) groups excluding carboxylic acids is 3. The van der Waals surface area contributed by atoms with Crippen LogP contribution in [0.25, 0.3) is 6.08 Å². The van der Waals surface area contributed by atoms with Crippen molar-refractivity contribution in [3.05, 3.63) is 98.1 Å². The van der Waals surface area contributed by atoms with Crippen LogP contribution in [0.5, 0.6) is 5.75 Å². The van der Waals surface area contributed by atoms with Crippen LogP contribution >= 0.6 is 39.3 Å². The van der Waals surface area contributed by atoms with Crippen LogP contribution in [0.2, 0.25) is 5.02 Å². The Labute approximate surface area is 218 Å². The molecular weight excluding hydrogens is 559 g/mol. The topological polar surface area (TPSA) is 75.7 Å². The maximum atomic E-state index is 14.1. The number of amides is 3.